The maximum Gasteiger partial charge on any atom is 0.0727 e. The third-order valence-electron chi connectivity index (χ3n) is 0.712. The Morgan fingerprint density at radius 1 is 1.75 bits per heavy atom. The lowest BCUT2D eigenvalue weighted by molar-refractivity contribution is 0.905. The van der Waals surface area contributed by atoms with Crippen molar-refractivity contribution in [3.05, 3.63) is 0 Å². The van der Waals surface area contributed by atoms with E-state index in [1.54, 1.807) is 0 Å². The Morgan fingerprint density at radius 2 is 2.38 bits per heavy atom. The number of nitriles is 1. The maximum atomic E-state index is 8.05. The Kier molecular flexibility index (Phi) is 4.19. The quantitative estimate of drug-likeness (QED) is 0.455. The highest BCUT2D eigenvalue weighted by atomic mass is 32.1. The van der Waals surface area contributed by atoms with Crippen molar-refractivity contribution in [3.8, 4) is 6.07 Å². The van der Waals surface area contributed by atoms with Gasteiger partial charge in [-0.3, -0.25) is 0 Å². The number of unbranched alkanes of at least 4 members (excludes halogenated alkanes) is 1. The van der Waals surface area contributed by atoms with Crippen molar-refractivity contribution in [3.63, 3.8) is 0 Å². The molecule has 0 unspecified atom stereocenters. The van der Waals surface area contributed by atoms with E-state index in [0.29, 0.717) is 17.8 Å². The highest BCUT2D eigenvalue weighted by Gasteiger charge is 1.86. The number of hydrogen-bond donors (Lipinski definition) is 1. The second kappa shape index (κ2) is 4.54. The Morgan fingerprint density at radius 3 is 2.75 bits per heavy atom. The van der Waals surface area contributed by atoms with Crippen LogP contribution in [-0.4, -0.2) is 4.99 Å². The predicted molar refractivity (Wildman–Crippen MR) is 36.2 cm³/mol. The Bertz CT molecular complexity index is 114. The van der Waals surface area contributed by atoms with E-state index in [1.807, 2.05) is 6.07 Å². The maximum absolute atomic E-state index is 8.05. The molecule has 0 saturated carbocycles. The van der Waals surface area contributed by atoms with Crippen molar-refractivity contribution in [2.45, 2.75) is 19.3 Å². The van der Waals surface area contributed by atoms with Crippen LogP contribution in [0.15, 0.2) is 0 Å². The van der Waals surface area contributed by atoms with Gasteiger partial charge in [0.05, 0.1) is 11.1 Å². The van der Waals surface area contributed by atoms with Crippen molar-refractivity contribution in [2.24, 2.45) is 5.73 Å². The molecular weight excluding hydrogens is 120 g/mol. The molecule has 0 aliphatic heterocycles. The van der Waals surface area contributed by atoms with Gasteiger partial charge in [-0.15, -0.1) is 0 Å². The molecule has 0 aromatic rings. The Balaban J connectivity index is 2.97. The number of rotatable bonds is 3. The van der Waals surface area contributed by atoms with Crippen LogP contribution in [-0.2, 0) is 0 Å². The summed E-state index contributed by atoms with van der Waals surface area (Å²) in [6, 6.07) is 2.01. The van der Waals surface area contributed by atoms with E-state index in [1.165, 1.54) is 0 Å². The average molecular weight is 128 g/mol. The van der Waals surface area contributed by atoms with Crippen LogP contribution in [0.1, 0.15) is 19.3 Å². The van der Waals surface area contributed by atoms with E-state index >= 15 is 0 Å². The normalized spacial score (nSPS) is 7.88. The van der Waals surface area contributed by atoms with E-state index in [4.69, 9.17) is 11.0 Å². The standard InChI is InChI=1S/C5H8N2S/c6-4-2-1-3-5(7)8/h1-3H2,(H2,7,8). The van der Waals surface area contributed by atoms with Gasteiger partial charge in [-0.05, 0) is 12.8 Å². The molecule has 0 rings (SSSR count). The van der Waals surface area contributed by atoms with Crippen LogP contribution in [0.2, 0.25) is 0 Å². The summed E-state index contributed by atoms with van der Waals surface area (Å²) in [6.07, 6.45) is 2.05. The summed E-state index contributed by atoms with van der Waals surface area (Å²) in [5, 5.41) is 8.05. The van der Waals surface area contributed by atoms with E-state index in [0.717, 1.165) is 6.42 Å². The van der Waals surface area contributed by atoms with Crippen molar-refractivity contribution in [1.82, 2.24) is 0 Å². The van der Waals surface area contributed by atoms with Crippen LogP contribution < -0.4 is 5.73 Å². The second-order valence-electron chi connectivity index (χ2n) is 1.48. The zero-order valence-electron chi connectivity index (χ0n) is 4.55. The van der Waals surface area contributed by atoms with Gasteiger partial charge in [-0.1, -0.05) is 12.2 Å². The summed E-state index contributed by atoms with van der Waals surface area (Å²) >= 11 is 4.58. The first-order valence-corrected chi connectivity index (χ1v) is 2.83. The topological polar surface area (TPSA) is 49.8 Å². The van der Waals surface area contributed by atoms with Crippen LogP contribution in [0, 0.1) is 11.3 Å². The molecule has 0 atom stereocenters. The van der Waals surface area contributed by atoms with Crippen molar-refractivity contribution in [1.29, 1.82) is 5.26 Å². The summed E-state index contributed by atoms with van der Waals surface area (Å²) in [5.41, 5.74) is 5.16. The van der Waals surface area contributed by atoms with E-state index < -0.39 is 0 Å². The number of hydrogen-bond acceptors (Lipinski definition) is 2. The Labute approximate surface area is 54.3 Å². The van der Waals surface area contributed by atoms with Gasteiger partial charge >= 0.3 is 0 Å². The minimum absolute atomic E-state index is 0.500. The van der Waals surface area contributed by atoms with Crippen molar-refractivity contribution >= 4 is 17.2 Å². The molecule has 0 fully saturated rings. The number of nitrogens with two attached hydrogens (primary N) is 1. The predicted octanol–water partition coefficient (Wildman–Crippen LogP) is 0.966. The SMILES string of the molecule is N#CCCCC(N)=S. The van der Waals surface area contributed by atoms with Crippen LogP contribution in [0.25, 0.3) is 0 Å². The molecule has 0 bridgehead atoms. The molecule has 0 aromatic heterocycles. The van der Waals surface area contributed by atoms with Gasteiger partial charge in [-0.2, -0.15) is 5.26 Å². The van der Waals surface area contributed by atoms with Crippen LogP contribution in [0.5, 0.6) is 0 Å². The van der Waals surface area contributed by atoms with Crippen molar-refractivity contribution in [2.75, 3.05) is 0 Å². The lowest BCUT2D eigenvalue weighted by Crippen LogP contribution is -2.06. The van der Waals surface area contributed by atoms with Gasteiger partial charge in [0.1, 0.15) is 0 Å². The fourth-order valence-corrected chi connectivity index (χ4v) is 0.486. The third kappa shape index (κ3) is 5.38. The van der Waals surface area contributed by atoms with Gasteiger partial charge in [0, 0.05) is 6.42 Å². The molecule has 2 nitrogen and oxygen atoms in total. The molecule has 0 aliphatic carbocycles. The molecule has 0 heterocycles. The van der Waals surface area contributed by atoms with E-state index in [2.05, 4.69) is 12.2 Å². The average Bonchev–Trinajstić information content (AvgIpc) is 1.66. The van der Waals surface area contributed by atoms with Crippen molar-refractivity contribution < 1.29 is 0 Å². The summed E-state index contributed by atoms with van der Waals surface area (Å²) < 4.78 is 0. The third-order valence-corrected chi connectivity index (χ3v) is 0.916. The van der Waals surface area contributed by atoms with Gasteiger partial charge in [-0.25, -0.2) is 0 Å². The molecule has 2 N–H and O–H groups in total. The summed E-state index contributed by atoms with van der Waals surface area (Å²) in [5.74, 6) is 0. The second-order valence-corrected chi connectivity index (χ2v) is 2.00. The van der Waals surface area contributed by atoms with Crippen LogP contribution >= 0.6 is 12.2 Å². The lowest BCUT2D eigenvalue weighted by atomic mass is 10.2. The zero-order chi connectivity index (χ0) is 6.41. The molecule has 0 aromatic carbocycles. The van der Waals surface area contributed by atoms with Gasteiger partial charge in [0.15, 0.2) is 0 Å². The monoisotopic (exact) mass is 128 g/mol. The first kappa shape index (κ1) is 7.38. The molecule has 0 spiro atoms. The van der Waals surface area contributed by atoms with Gasteiger partial charge in [0.25, 0.3) is 0 Å². The molecule has 8 heavy (non-hydrogen) atoms. The molecular formula is C5H8N2S. The molecule has 0 aliphatic rings. The largest absolute Gasteiger partial charge is 0.393 e. The highest BCUT2D eigenvalue weighted by Crippen LogP contribution is 1.91. The summed E-state index contributed by atoms with van der Waals surface area (Å²) in [6.45, 7) is 0. The van der Waals surface area contributed by atoms with Gasteiger partial charge in [0.2, 0.25) is 0 Å². The number of nitrogens with zero attached hydrogens (tertiary/aromatic N) is 1. The Hall–Kier alpha value is -0.620. The van der Waals surface area contributed by atoms with Gasteiger partial charge < -0.3 is 5.73 Å². The molecule has 0 radical (unpaired) electrons. The summed E-state index contributed by atoms with van der Waals surface area (Å²) in [7, 11) is 0. The van der Waals surface area contributed by atoms with Crippen LogP contribution in [0.4, 0.5) is 0 Å². The zero-order valence-corrected chi connectivity index (χ0v) is 5.37. The molecule has 44 valence electrons. The molecule has 0 amide bonds. The molecule has 3 heteroatoms. The summed E-state index contributed by atoms with van der Waals surface area (Å²) in [4.78, 5) is 0.500. The number of thiocarbonyl (C=S) groups is 1. The highest BCUT2D eigenvalue weighted by molar-refractivity contribution is 7.80. The minimum Gasteiger partial charge on any atom is -0.393 e. The first-order chi connectivity index (χ1) is 3.77. The molecule has 0 saturated heterocycles. The van der Waals surface area contributed by atoms with Crippen LogP contribution in [0.3, 0.4) is 0 Å². The first-order valence-electron chi connectivity index (χ1n) is 2.42. The lowest BCUT2D eigenvalue weighted by Gasteiger charge is -1.89. The fourth-order valence-electron chi connectivity index (χ4n) is 0.342. The minimum atomic E-state index is 0.500. The van der Waals surface area contributed by atoms with E-state index in [-0.39, 0.29) is 0 Å². The smallest absolute Gasteiger partial charge is 0.0727 e. The van der Waals surface area contributed by atoms with E-state index in [9.17, 15) is 0 Å². The fraction of sp³-hybridized carbons (Fsp3) is 0.600.